The van der Waals surface area contributed by atoms with E-state index < -0.39 is 0 Å². The van der Waals surface area contributed by atoms with Crippen LogP contribution >= 0.6 is 0 Å². The third kappa shape index (κ3) is 4.30. The van der Waals surface area contributed by atoms with Gasteiger partial charge in [0.25, 0.3) is 0 Å². The number of methoxy groups -OCH3 is 1. The van der Waals surface area contributed by atoms with E-state index in [-0.39, 0.29) is 0 Å². The van der Waals surface area contributed by atoms with Gasteiger partial charge in [-0.3, -0.25) is 4.57 Å². The predicted octanol–water partition coefficient (Wildman–Crippen LogP) is 8.45. The van der Waals surface area contributed by atoms with E-state index in [1.54, 1.807) is 25.4 Å². The Hall–Kier alpha value is -5.36. The van der Waals surface area contributed by atoms with Crippen molar-refractivity contribution in [3.05, 3.63) is 127 Å². The molecule has 41 heavy (non-hydrogen) atoms. The predicted molar refractivity (Wildman–Crippen MR) is 164 cm³/mol. The molecule has 0 spiro atoms. The summed E-state index contributed by atoms with van der Waals surface area (Å²) in [6.07, 6.45) is 1.66. The number of nitrogens with zero attached hydrogens (tertiary/aromatic N) is 4. The number of rotatable bonds is 6. The number of hydrogen-bond acceptors (Lipinski definition) is 4. The monoisotopic (exact) mass is 537 g/mol. The van der Waals surface area contributed by atoms with Crippen molar-refractivity contribution in [3.8, 4) is 39.9 Å². The summed E-state index contributed by atoms with van der Waals surface area (Å²) in [4.78, 5) is 4.58. The highest BCUT2D eigenvalue weighted by molar-refractivity contribution is 6.10. The lowest BCUT2D eigenvalue weighted by Gasteiger charge is -2.11. The quantitative estimate of drug-likeness (QED) is 0.214. The second kappa shape index (κ2) is 9.99. The second-order valence-corrected chi connectivity index (χ2v) is 9.93. The molecule has 0 unspecified atom stereocenters. The van der Waals surface area contributed by atoms with E-state index in [9.17, 15) is 0 Å². The molecule has 0 fully saturated rings. The molecular weight excluding hydrogens is 508 g/mol. The Morgan fingerprint density at radius 2 is 1.56 bits per heavy atom. The number of aryl methyl sites for hydroxylation is 1. The van der Waals surface area contributed by atoms with Crippen LogP contribution in [0, 0.1) is 13.8 Å². The maximum Gasteiger partial charge on any atom is 0.137 e. The first-order valence-corrected chi connectivity index (χ1v) is 13.5. The first kappa shape index (κ1) is 23.5. The summed E-state index contributed by atoms with van der Waals surface area (Å²) in [7, 11) is 1.67. The number of fused-ring (bicyclic) bond motifs is 3. The molecule has 3 aromatic heterocycles. The maximum absolute atomic E-state index is 8.17. The van der Waals surface area contributed by atoms with Gasteiger partial charge >= 0.3 is 0 Å². The van der Waals surface area contributed by atoms with E-state index in [4.69, 9.17) is 15.9 Å². The minimum absolute atomic E-state index is 0.396. The molecule has 0 radical (unpaired) electrons. The molecule has 0 saturated heterocycles. The zero-order chi connectivity index (χ0) is 28.8. The van der Waals surface area contributed by atoms with Gasteiger partial charge in [0.1, 0.15) is 23.1 Å². The fraction of sp³-hybridized carbons (Fsp3) is 0.0857. The first-order valence-electron chi connectivity index (χ1n) is 14.0. The summed E-state index contributed by atoms with van der Waals surface area (Å²) in [5.74, 6) is 2.85. The van der Waals surface area contributed by atoms with Crippen LogP contribution in [0.3, 0.4) is 0 Å². The van der Waals surface area contributed by atoms with Gasteiger partial charge in [0.05, 0.1) is 30.9 Å². The highest BCUT2D eigenvalue weighted by Crippen LogP contribution is 2.37. The van der Waals surface area contributed by atoms with Crippen LogP contribution in [0.15, 0.2) is 115 Å². The summed E-state index contributed by atoms with van der Waals surface area (Å²) in [5.41, 5.74) is 7.17. The molecule has 7 aromatic rings. The van der Waals surface area contributed by atoms with E-state index >= 15 is 0 Å². The topological polar surface area (TPSA) is 54.1 Å². The Kier molecular flexibility index (Phi) is 5.73. The lowest BCUT2D eigenvalue weighted by atomic mass is 10.0. The van der Waals surface area contributed by atoms with Crippen LogP contribution < -0.4 is 9.47 Å². The van der Waals surface area contributed by atoms with Crippen molar-refractivity contribution >= 4 is 21.8 Å². The van der Waals surface area contributed by atoms with E-state index in [0.29, 0.717) is 23.4 Å². The van der Waals surface area contributed by atoms with Gasteiger partial charge in [-0.25, -0.2) is 9.67 Å². The minimum atomic E-state index is 0.396. The van der Waals surface area contributed by atoms with Crippen LogP contribution in [-0.2, 0) is 0 Å². The Labute approximate surface area is 239 Å². The molecule has 0 saturated carbocycles. The van der Waals surface area contributed by atoms with E-state index in [2.05, 4.69) is 34.7 Å². The fourth-order valence-electron chi connectivity index (χ4n) is 5.59. The smallest absolute Gasteiger partial charge is 0.137 e. The van der Waals surface area contributed by atoms with Crippen LogP contribution in [0.1, 0.15) is 12.8 Å². The van der Waals surface area contributed by atoms with Gasteiger partial charge in [-0.1, -0.05) is 42.4 Å². The Bertz CT molecular complexity index is 2100. The molecule has 6 nitrogen and oxygen atoms in total. The number of ether oxygens (including phenoxy) is 2. The summed E-state index contributed by atoms with van der Waals surface area (Å²) in [5, 5.41) is 6.94. The molecule has 0 bridgehead atoms. The number of pyridine rings is 1. The molecule has 0 N–H and O–H groups in total. The first-order chi connectivity index (χ1) is 20.5. The molecule has 4 aromatic carbocycles. The Morgan fingerprint density at radius 1 is 0.732 bits per heavy atom. The normalized spacial score (nSPS) is 11.6. The van der Waals surface area contributed by atoms with Crippen molar-refractivity contribution in [2.75, 3.05) is 7.11 Å². The molecule has 6 heteroatoms. The summed E-state index contributed by atoms with van der Waals surface area (Å²) >= 11 is 0. The van der Waals surface area contributed by atoms with Gasteiger partial charge in [-0.2, -0.15) is 5.10 Å². The van der Waals surface area contributed by atoms with Crippen molar-refractivity contribution in [2.45, 2.75) is 13.8 Å². The highest BCUT2D eigenvalue weighted by Gasteiger charge is 2.17. The highest BCUT2D eigenvalue weighted by atomic mass is 16.5. The van der Waals surface area contributed by atoms with Crippen molar-refractivity contribution in [1.82, 2.24) is 19.3 Å². The largest absolute Gasteiger partial charge is 0.497 e. The molecule has 7 rings (SSSR count). The molecule has 200 valence electrons. The Balaban J connectivity index is 1.30. The van der Waals surface area contributed by atoms with Crippen molar-refractivity contribution in [3.63, 3.8) is 0 Å². The average molecular weight is 538 g/mol. The van der Waals surface area contributed by atoms with E-state index in [1.165, 1.54) is 0 Å². The van der Waals surface area contributed by atoms with Gasteiger partial charge < -0.3 is 9.47 Å². The van der Waals surface area contributed by atoms with Gasteiger partial charge in [0, 0.05) is 40.4 Å². The number of hydrogen-bond donors (Lipinski definition) is 0. The summed E-state index contributed by atoms with van der Waals surface area (Å²) in [6, 6.07) is 34.2. The minimum Gasteiger partial charge on any atom is -0.497 e. The summed E-state index contributed by atoms with van der Waals surface area (Å²) in [6.45, 7) is 4.14. The fourth-order valence-corrected chi connectivity index (χ4v) is 5.59. The van der Waals surface area contributed by atoms with Crippen LogP contribution in [0.5, 0.6) is 17.2 Å². The van der Waals surface area contributed by atoms with Crippen LogP contribution in [0.25, 0.3) is 44.4 Å². The molecular formula is C35H28N4O2. The van der Waals surface area contributed by atoms with E-state index in [1.807, 2.05) is 84.4 Å². The Morgan fingerprint density at radius 3 is 2.39 bits per heavy atom. The van der Waals surface area contributed by atoms with Gasteiger partial charge in [0.15, 0.2) is 0 Å². The molecule has 0 aliphatic rings. The molecule has 0 aliphatic heterocycles. The molecule has 0 amide bonds. The van der Waals surface area contributed by atoms with Crippen LogP contribution in [0.2, 0.25) is 0 Å². The van der Waals surface area contributed by atoms with Gasteiger partial charge in [-0.15, -0.1) is 0 Å². The van der Waals surface area contributed by atoms with E-state index in [0.717, 1.165) is 55.8 Å². The van der Waals surface area contributed by atoms with Gasteiger partial charge in [0.2, 0.25) is 0 Å². The van der Waals surface area contributed by atoms with Gasteiger partial charge in [-0.05, 0) is 74.0 Å². The van der Waals surface area contributed by atoms with Crippen molar-refractivity contribution in [1.29, 1.82) is 0 Å². The third-order valence-corrected chi connectivity index (χ3v) is 7.42. The number of aromatic nitrogens is 4. The lowest BCUT2D eigenvalue weighted by molar-refractivity contribution is 0.415. The standard InChI is InChI=1S/C35H28N4O2/c1-23-35(25-10-5-4-6-11-25)24(2)39(37-23)26-12-9-13-28(20-26)41-29-15-17-30-31-21-27(40-3)16-18-32(31)38(33(30)22-29)34-14-7-8-19-36-34/h4-22H,1-3H3/i7D. The zero-order valence-electron chi connectivity index (χ0n) is 24.0. The maximum atomic E-state index is 8.17. The second-order valence-electron chi connectivity index (χ2n) is 9.93. The SMILES string of the molecule is [2H]c1ccnc(-n2c3ccc(OC)cc3c3ccc(Oc4cccc(-n5nc(C)c(-c6ccccc6)c5C)c4)cc32)c1. The summed E-state index contributed by atoms with van der Waals surface area (Å²) < 4.78 is 24.1. The lowest BCUT2D eigenvalue weighted by Crippen LogP contribution is -1.99. The van der Waals surface area contributed by atoms with Crippen molar-refractivity contribution in [2.24, 2.45) is 0 Å². The average Bonchev–Trinajstić information content (AvgIpc) is 3.49. The molecule has 0 atom stereocenters. The van der Waals surface area contributed by atoms with Crippen LogP contribution in [-0.4, -0.2) is 26.4 Å². The molecule has 0 aliphatic carbocycles. The van der Waals surface area contributed by atoms with Crippen LogP contribution in [0.4, 0.5) is 0 Å². The number of benzene rings is 4. The third-order valence-electron chi connectivity index (χ3n) is 7.42. The zero-order valence-corrected chi connectivity index (χ0v) is 23.0. The van der Waals surface area contributed by atoms with Crippen molar-refractivity contribution < 1.29 is 10.8 Å². The molecule has 3 heterocycles.